The van der Waals surface area contributed by atoms with Gasteiger partial charge in [0, 0.05) is 23.2 Å². The predicted octanol–water partition coefficient (Wildman–Crippen LogP) is 3.12. The Bertz CT molecular complexity index is 484. The Balaban J connectivity index is 2.25. The molecule has 1 aliphatic heterocycles. The van der Waals surface area contributed by atoms with Crippen molar-refractivity contribution in [1.29, 1.82) is 0 Å². The average Bonchev–Trinajstić information content (AvgIpc) is 2.72. The summed E-state index contributed by atoms with van der Waals surface area (Å²) >= 11 is 0. The van der Waals surface area contributed by atoms with Crippen LogP contribution in [0.15, 0.2) is 24.3 Å². The zero-order chi connectivity index (χ0) is 15.0. The smallest absolute Gasteiger partial charge is 0.269 e. The third kappa shape index (κ3) is 2.31. The van der Waals surface area contributed by atoms with E-state index in [9.17, 15) is 10.1 Å². The van der Waals surface area contributed by atoms with E-state index >= 15 is 0 Å². The van der Waals surface area contributed by atoms with Gasteiger partial charge in [0.15, 0.2) is 0 Å². The molecule has 0 bridgehead atoms. The van der Waals surface area contributed by atoms with Gasteiger partial charge in [-0.3, -0.25) is 20.7 Å². The molecule has 1 aliphatic rings. The maximum Gasteiger partial charge on any atom is 0.269 e. The maximum absolute atomic E-state index is 10.7. The van der Waals surface area contributed by atoms with Gasteiger partial charge in [-0.05, 0) is 44.4 Å². The van der Waals surface area contributed by atoms with Crippen LogP contribution in [0.3, 0.4) is 0 Å². The van der Waals surface area contributed by atoms with Crippen LogP contribution in [0.1, 0.15) is 52.3 Å². The van der Waals surface area contributed by atoms with E-state index in [-0.39, 0.29) is 27.9 Å². The van der Waals surface area contributed by atoms with Crippen LogP contribution in [0.2, 0.25) is 0 Å². The minimum absolute atomic E-state index is 0.00813. The first-order chi connectivity index (χ1) is 9.35. The van der Waals surface area contributed by atoms with Gasteiger partial charge in [0.25, 0.3) is 5.69 Å². The van der Waals surface area contributed by atoms with E-state index < -0.39 is 0 Å². The number of nitro groups is 1. The highest BCUT2D eigenvalue weighted by atomic mass is 16.6. The standard InChI is InChI=1S/C15H23N3O2/c1-5-14(3)15(4,6-2)17-13(16-14)11-7-9-12(10-8-11)18(19)20/h7-10,13,16-17H,5-6H2,1-4H3/t14-,15-/m0/s1. The first-order valence-electron chi connectivity index (χ1n) is 7.15. The minimum atomic E-state index is -0.369. The SMILES string of the molecule is CC[C@]1(C)NC(c2ccc([N+](=O)[O-])cc2)N[C@@]1(C)CC. The molecule has 2 rings (SSSR count). The van der Waals surface area contributed by atoms with Gasteiger partial charge < -0.3 is 0 Å². The van der Waals surface area contributed by atoms with Gasteiger partial charge >= 0.3 is 0 Å². The Hall–Kier alpha value is -1.46. The molecule has 0 aromatic heterocycles. The molecule has 2 N–H and O–H groups in total. The van der Waals surface area contributed by atoms with Crippen LogP contribution in [0, 0.1) is 10.1 Å². The molecular weight excluding hydrogens is 254 g/mol. The molecule has 2 atom stereocenters. The molecule has 0 radical (unpaired) electrons. The van der Waals surface area contributed by atoms with Gasteiger partial charge in [-0.2, -0.15) is 0 Å². The Morgan fingerprint density at radius 3 is 1.90 bits per heavy atom. The molecular formula is C15H23N3O2. The summed E-state index contributed by atoms with van der Waals surface area (Å²) in [5.41, 5.74) is 1.18. The summed E-state index contributed by atoms with van der Waals surface area (Å²) in [6, 6.07) is 6.76. The summed E-state index contributed by atoms with van der Waals surface area (Å²) in [6.45, 7) is 8.82. The summed E-state index contributed by atoms with van der Waals surface area (Å²) in [6.07, 6.45) is 2.08. The van der Waals surface area contributed by atoms with Crippen molar-refractivity contribution in [3.63, 3.8) is 0 Å². The number of nitro benzene ring substituents is 1. The van der Waals surface area contributed by atoms with Crippen molar-refractivity contribution >= 4 is 5.69 Å². The highest BCUT2D eigenvalue weighted by Crippen LogP contribution is 2.38. The molecule has 5 heteroatoms. The Kier molecular flexibility index (Phi) is 3.84. The van der Waals surface area contributed by atoms with Crippen molar-refractivity contribution in [1.82, 2.24) is 10.6 Å². The molecule has 0 spiro atoms. The van der Waals surface area contributed by atoms with E-state index in [1.165, 1.54) is 0 Å². The van der Waals surface area contributed by atoms with E-state index in [2.05, 4.69) is 38.3 Å². The van der Waals surface area contributed by atoms with E-state index in [0.717, 1.165) is 18.4 Å². The summed E-state index contributed by atoms with van der Waals surface area (Å²) in [4.78, 5) is 10.3. The summed E-state index contributed by atoms with van der Waals surface area (Å²) < 4.78 is 0. The second-order valence-electron chi connectivity index (χ2n) is 5.94. The molecule has 0 amide bonds. The lowest BCUT2D eigenvalue weighted by Gasteiger charge is -2.39. The van der Waals surface area contributed by atoms with Crippen LogP contribution < -0.4 is 10.6 Å². The fourth-order valence-corrected chi connectivity index (χ4v) is 2.93. The average molecular weight is 277 g/mol. The van der Waals surface area contributed by atoms with Gasteiger partial charge in [0.05, 0.1) is 11.1 Å². The summed E-state index contributed by atoms with van der Waals surface area (Å²) in [5, 5.41) is 18.0. The molecule has 1 saturated heterocycles. The molecule has 0 aliphatic carbocycles. The van der Waals surface area contributed by atoms with Gasteiger partial charge in [-0.1, -0.05) is 13.8 Å². The Morgan fingerprint density at radius 1 is 1.10 bits per heavy atom. The number of nitrogens with one attached hydrogen (secondary N) is 2. The first-order valence-corrected chi connectivity index (χ1v) is 7.15. The van der Waals surface area contributed by atoms with Gasteiger partial charge in [0.1, 0.15) is 0 Å². The van der Waals surface area contributed by atoms with Gasteiger partial charge in [0.2, 0.25) is 0 Å². The van der Waals surface area contributed by atoms with Crippen molar-refractivity contribution in [3.8, 4) is 0 Å². The number of nitrogens with zero attached hydrogens (tertiary/aromatic N) is 1. The molecule has 1 fully saturated rings. The number of non-ortho nitro benzene ring substituents is 1. The second-order valence-corrected chi connectivity index (χ2v) is 5.94. The number of hydrogen-bond donors (Lipinski definition) is 2. The first kappa shape index (κ1) is 14.9. The third-order valence-corrected chi connectivity index (χ3v) is 5.00. The fourth-order valence-electron chi connectivity index (χ4n) is 2.93. The zero-order valence-electron chi connectivity index (χ0n) is 12.6. The quantitative estimate of drug-likeness (QED) is 0.655. The lowest BCUT2D eigenvalue weighted by atomic mass is 9.77. The van der Waals surface area contributed by atoms with E-state index in [0.29, 0.717) is 0 Å². The molecule has 1 aromatic carbocycles. The lowest BCUT2D eigenvalue weighted by molar-refractivity contribution is -0.384. The second kappa shape index (κ2) is 5.14. The molecule has 20 heavy (non-hydrogen) atoms. The minimum Gasteiger partial charge on any atom is -0.291 e. The van der Waals surface area contributed by atoms with Crippen LogP contribution in [-0.4, -0.2) is 16.0 Å². The predicted molar refractivity (Wildman–Crippen MR) is 79.5 cm³/mol. The van der Waals surface area contributed by atoms with Gasteiger partial charge in [-0.15, -0.1) is 0 Å². The highest BCUT2D eigenvalue weighted by Gasteiger charge is 2.49. The molecule has 110 valence electrons. The third-order valence-electron chi connectivity index (χ3n) is 5.00. The summed E-state index contributed by atoms with van der Waals surface area (Å²) in [7, 11) is 0. The van der Waals surface area contributed by atoms with Crippen molar-refractivity contribution in [2.75, 3.05) is 0 Å². The van der Waals surface area contributed by atoms with Crippen molar-refractivity contribution in [2.45, 2.75) is 57.8 Å². The van der Waals surface area contributed by atoms with Crippen molar-refractivity contribution in [3.05, 3.63) is 39.9 Å². The molecule has 5 nitrogen and oxygen atoms in total. The monoisotopic (exact) mass is 277 g/mol. The summed E-state index contributed by atoms with van der Waals surface area (Å²) in [5.74, 6) is 0. The fraction of sp³-hybridized carbons (Fsp3) is 0.600. The number of benzene rings is 1. The molecule has 1 aromatic rings. The Morgan fingerprint density at radius 2 is 1.55 bits per heavy atom. The van der Waals surface area contributed by atoms with Crippen LogP contribution in [0.5, 0.6) is 0 Å². The van der Waals surface area contributed by atoms with Crippen LogP contribution >= 0.6 is 0 Å². The van der Waals surface area contributed by atoms with Crippen molar-refractivity contribution in [2.24, 2.45) is 0 Å². The van der Waals surface area contributed by atoms with E-state index in [1.807, 2.05) is 12.1 Å². The van der Waals surface area contributed by atoms with Crippen molar-refractivity contribution < 1.29 is 4.92 Å². The zero-order valence-corrected chi connectivity index (χ0v) is 12.6. The lowest BCUT2D eigenvalue weighted by Crippen LogP contribution is -2.55. The molecule has 0 saturated carbocycles. The number of hydrogen-bond acceptors (Lipinski definition) is 4. The Labute approximate surface area is 119 Å². The number of rotatable bonds is 4. The van der Waals surface area contributed by atoms with E-state index in [4.69, 9.17) is 0 Å². The van der Waals surface area contributed by atoms with Crippen LogP contribution in [0.4, 0.5) is 5.69 Å². The maximum atomic E-state index is 10.7. The van der Waals surface area contributed by atoms with Gasteiger partial charge in [-0.25, -0.2) is 0 Å². The normalized spacial score (nSPS) is 30.6. The molecule has 1 heterocycles. The highest BCUT2D eigenvalue weighted by molar-refractivity contribution is 5.35. The van der Waals surface area contributed by atoms with Crippen LogP contribution in [-0.2, 0) is 0 Å². The topological polar surface area (TPSA) is 67.2 Å². The molecule has 0 unspecified atom stereocenters. The largest absolute Gasteiger partial charge is 0.291 e. The van der Waals surface area contributed by atoms with E-state index in [1.54, 1.807) is 12.1 Å². The van der Waals surface area contributed by atoms with Crippen LogP contribution in [0.25, 0.3) is 0 Å².